The van der Waals surface area contributed by atoms with E-state index in [1.54, 1.807) is 0 Å². The number of rotatable bonds is 5. The van der Waals surface area contributed by atoms with Gasteiger partial charge in [-0.3, -0.25) is 9.78 Å². The zero-order valence-electron chi connectivity index (χ0n) is 20.9. The summed E-state index contributed by atoms with van der Waals surface area (Å²) in [4.78, 5) is 16.6. The second kappa shape index (κ2) is 9.27. The lowest BCUT2D eigenvalue weighted by atomic mass is 9.95. The number of anilines is 1. The Hall–Kier alpha value is -3.92. The molecule has 0 amide bonds. The maximum atomic E-state index is 11.8. The standard InChI is InChI=1S/C32H31N3O/c1-21-22(2)35(27-16-15-24(20-36)30(18-27)34-26-10-4-3-5-11-26)31-14-8-12-28(32(21)31)25-17-23-9-6-7-13-29(23)33-19-25/h6-9,12-20,26,34H,3-5,10-11H2,1-2H3. The number of carbonyl (C=O) groups is 1. The van der Waals surface area contributed by atoms with Gasteiger partial charge in [0, 0.05) is 51.2 Å². The summed E-state index contributed by atoms with van der Waals surface area (Å²) in [6.45, 7) is 4.38. The molecule has 1 aliphatic carbocycles. The van der Waals surface area contributed by atoms with Gasteiger partial charge >= 0.3 is 0 Å². The number of nitrogens with one attached hydrogen (secondary N) is 1. The van der Waals surface area contributed by atoms with Gasteiger partial charge in [-0.2, -0.15) is 0 Å². The fraction of sp³-hybridized carbons (Fsp3) is 0.250. The molecule has 1 saturated carbocycles. The Bertz CT molecular complexity index is 1590. The van der Waals surface area contributed by atoms with E-state index < -0.39 is 0 Å². The third kappa shape index (κ3) is 3.87. The maximum absolute atomic E-state index is 11.8. The summed E-state index contributed by atoms with van der Waals surface area (Å²) < 4.78 is 2.32. The van der Waals surface area contributed by atoms with Gasteiger partial charge < -0.3 is 9.88 Å². The average Bonchev–Trinajstić information content (AvgIpc) is 3.18. The van der Waals surface area contributed by atoms with Crippen LogP contribution >= 0.6 is 0 Å². The van der Waals surface area contributed by atoms with Crippen molar-refractivity contribution in [3.63, 3.8) is 0 Å². The molecule has 5 aromatic rings. The number of carbonyl (C=O) groups excluding carboxylic acids is 1. The molecule has 0 bridgehead atoms. The molecule has 2 heterocycles. The van der Waals surface area contributed by atoms with Crippen molar-refractivity contribution in [2.75, 3.05) is 5.32 Å². The van der Waals surface area contributed by atoms with E-state index in [2.05, 4.69) is 72.3 Å². The Labute approximate surface area is 212 Å². The zero-order chi connectivity index (χ0) is 24.6. The molecule has 6 rings (SSSR count). The predicted octanol–water partition coefficient (Wildman–Crippen LogP) is 8.02. The third-order valence-electron chi connectivity index (χ3n) is 7.82. The number of benzene rings is 3. The van der Waals surface area contributed by atoms with Crippen molar-refractivity contribution in [3.8, 4) is 16.8 Å². The lowest BCUT2D eigenvalue weighted by Crippen LogP contribution is -2.23. The van der Waals surface area contributed by atoms with Gasteiger partial charge in [0.15, 0.2) is 6.29 Å². The highest BCUT2D eigenvalue weighted by Gasteiger charge is 2.19. The molecule has 1 N–H and O–H groups in total. The van der Waals surface area contributed by atoms with Crippen molar-refractivity contribution in [2.45, 2.75) is 52.0 Å². The maximum Gasteiger partial charge on any atom is 0.152 e. The minimum Gasteiger partial charge on any atom is -0.382 e. The molecular weight excluding hydrogens is 442 g/mol. The second-order valence-electron chi connectivity index (χ2n) is 10.0. The van der Waals surface area contributed by atoms with Crippen molar-refractivity contribution < 1.29 is 4.79 Å². The first-order chi connectivity index (χ1) is 17.6. The van der Waals surface area contributed by atoms with Crippen LogP contribution in [0.4, 0.5) is 5.69 Å². The summed E-state index contributed by atoms with van der Waals surface area (Å²) in [5.41, 5.74) is 9.67. The summed E-state index contributed by atoms with van der Waals surface area (Å²) in [6, 6.07) is 23.6. The SMILES string of the molecule is Cc1c(C)n(-c2ccc(C=O)c(NC3CCCCC3)c2)c2cccc(-c3cnc4ccccc4c3)c12. The van der Waals surface area contributed by atoms with Gasteiger partial charge in [-0.05, 0) is 74.2 Å². The van der Waals surface area contributed by atoms with Gasteiger partial charge in [0.25, 0.3) is 0 Å². The van der Waals surface area contributed by atoms with Gasteiger partial charge in [0.2, 0.25) is 0 Å². The number of nitrogens with zero attached hydrogens (tertiary/aromatic N) is 2. The van der Waals surface area contributed by atoms with Gasteiger partial charge in [0.1, 0.15) is 0 Å². The molecule has 2 aromatic heterocycles. The van der Waals surface area contributed by atoms with E-state index in [0.717, 1.165) is 58.0 Å². The quantitative estimate of drug-likeness (QED) is 0.263. The molecule has 4 heteroatoms. The van der Waals surface area contributed by atoms with Crippen molar-refractivity contribution in [1.82, 2.24) is 9.55 Å². The van der Waals surface area contributed by atoms with E-state index in [-0.39, 0.29) is 0 Å². The Kier molecular flexibility index (Phi) is 5.80. The molecule has 36 heavy (non-hydrogen) atoms. The van der Waals surface area contributed by atoms with Crippen LogP contribution in [0.15, 0.2) is 72.9 Å². The molecule has 4 nitrogen and oxygen atoms in total. The second-order valence-corrected chi connectivity index (χ2v) is 10.0. The fourth-order valence-electron chi connectivity index (χ4n) is 5.82. The van der Waals surface area contributed by atoms with E-state index in [4.69, 9.17) is 4.98 Å². The molecule has 1 fully saturated rings. The van der Waals surface area contributed by atoms with Crippen LogP contribution in [0.25, 0.3) is 38.6 Å². The molecule has 0 saturated heterocycles. The summed E-state index contributed by atoms with van der Waals surface area (Å²) in [7, 11) is 0. The topological polar surface area (TPSA) is 46.9 Å². The van der Waals surface area contributed by atoms with Crippen LogP contribution in [-0.4, -0.2) is 21.9 Å². The number of aldehydes is 1. The summed E-state index contributed by atoms with van der Waals surface area (Å²) in [5, 5.41) is 6.07. The molecule has 180 valence electrons. The van der Waals surface area contributed by atoms with Crippen LogP contribution in [0.5, 0.6) is 0 Å². The molecule has 0 radical (unpaired) electrons. The number of fused-ring (bicyclic) bond motifs is 2. The molecule has 0 aliphatic heterocycles. The lowest BCUT2D eigenvalue weighted by molar-refractivity contribution is 0.112. The van der Waals surface area contributed by atoms with Crippen molar-refractivity contribution in [3.05, 3.63) is 89.7 Å². The predicted molar refractivity (Wildman–Crippen MR) is 149 cm³/mol. The van der Waals surface area contributed by atoms with Crippen molar-refractivity contribution in [1.29, 1.82) is 0 Å². The van der Waals surface area contributed by atoms with Crippen LogP contribution < -0.4 is 5.32 Å². The van der Waals surface area contributed by atoms with Crippen LogP contribution in [0, 0.1) is 13.8 Å². The molecule has 1 aliphatic rings. The summed E-state index contributed by atoms with van der Waals surface area (Å²) >= 11 is 0. The first-order valence-electron chi connectivity index (χ1n) is 13.0. The average molecular weight is 474 g/mol. The highest BCUT2D eigenvalue weighted by molar-refractivity contribution is 6.01. The number of hydrogen-bond donors (Lipinski definition) is 1. The van der Waals surface area contributed by atoms with Gasteiger partial charge in [-0.1, -0.05) is 49.6 Å². The largest absolute Gasteiger partial charge is 0.382 e. The number of hydrogen-bond acceptors (Lipinski definition) is 3. The Morgan fingerprint density at radius 3 is 2.61 bits per heavy atom. The highest BCUT2D eigenvalue weighted by atomic mass is 16.1. The smallest absolute Gasteiger partial charge is 0.152 e. The van der Waals surface area contributed by atoms with Crippen LogP contribution in [0.1, 0.15) is 53.7 Å². The minimum atomic E-state index is 0.434. The number of pyridine rings is 1. The fourth-order valence-corrected chi connectivity index (χ4v) is 5.82. The van der Waals surface area contributed by atoms with Crippen molar-refractivity contribution >= 4 is 33.8 Å². The zero-order valence-corrected chi connectivity index (χ0v) is 20.9. The van der Waals surface area contributed by atoms with Crippen molar-refractivity contribution in [2.24, 2.45) is 0 Å². The Morgan fingerprint density at radius 2 is 1.78 bits per heavy atom. The molecule has 0 unspecified atom stereocenters. The Morgan fingerprint density at radius 1 is 0.944 bits per heavy atom. The molecule has 0 atom stereocenters. The van der Waals surface area contributed by atoms with Gasteiger partial charge in [-0.25, -0.2) is 0 Å². The van der Waals surface area contributed by atoms with Crippen LogP contribution in [0.2, 0.25) is 0 Å². The first-order valence-corrected chi connectivity index (χ1v) is 13.0. The van der Waals surface area contributed by atoms with Gasteiger partial charge in [-0.15, -0.1) is 0 Å². The number of aryl methyl sites for hydroxylation is 1. The lowest BCUT2D eigenvalue weighted by Gasteiger charge is -2.25. The van der Waals surface area contributed by atoms with Crippen LogP contribution in [0.3, 0.4) is 0 Å². The van der Waals surface area contributed by atoms with E-state index in [1.807, 2.05) is 24.4 Å². The van der Waals surface area contributed by atoms with E-state index >= 15 is 0 Å². The van der Waals surface area contributed by atoms with E-state index in [9.17, 15) is 4.79 Å². The molecular formula is C32H31N3O. The number of para-hydroxylation sites is 1. The van der Waals surface area contributed by atoms with E-state index in [0.29, 0.717) is 6.04 Å². The van der Waals surface area contributed by atoms with Gasteiger partial charge in [0.05, 0.1) is 11.0 Å². The minimum absolute atomic E-state index is 0.434. The third-order valence-corrected chi connectivity index (χ3v) is 7.82. The summed E-state index contributed by atoms with van der Waals surface area (Å²) in [6.07, 6.45) is 9.08. The van der Waals surface area contributed by atoms with Crippen LogP contribution in [-0.2, 0) is 0 Å². The first kappa shape index (κ1) is 22.5. The highest BCUT2D eigenvalue weighted by Crippen LogP contribution is 2.37. The monoisotopic (exact) mass is 473 g/mol. The Balaban J connectivity index is 1.49. The summed E-state index contributed by atoms with van der Waals surface area (Å²) in [5.74, 6) is 0. The number of aromatic nitrogens is 2. The molecule has 3 aromatic carbocycles. The normalized spacial score (nSPS) is 14.4. The molecule has 0 spiro atoms. The van der Waals surface area contributed by atoms with E-state index in [1.165, 1.54) is 41.5 Å².